The van der Waals surface area contributed by atoms with Crippen LogP contribution in [0, 0.1) is 0 Å². The number of hydrogen-bond acceptors (Lipinski definition) is 2. The largest absolute Gasteiger partial charge is 0.383 e. The predicted octanol–water partition coefficient (Wildman–Crippen LogP) is 0.385. The van der Waals surface area contributed by atoms with Crippen molar-refractivity contribution in [1.82, 2.24) is 5.32 Å². The molecule has 0 spiro atoms. The molecule has 0 aromatic rings. The summed E-state index contributed by atoms with van der Waals surface area (Å²) >= 11 is 0. The smallest absolute Gasteiger partial charge is 0.0587 e. The lowest BCUT2D eigenvalue weighted by atomic mass is 10.6. The van der Waals surface area contributed by atoms with E-state index in [1.165, 1.54) is 12.8 Å². The van der Waals surface area contributed by atoms with Crippen molar-refractivity contribution in [2.24, 2.45) is 0 Å². The first kappa shape index (κ1) is 6.05. The van der Waals surface area contributed by atoms with E-state index in [1.807, 2.05) is 0 Å². The van der Waals surface area contributed by atoms with Crippen molar-refractivity contribution < 1.29 is 4.74 Å². The first-order valence-corrected chi connectivity index (χ1v) is 3.16. The normalized spacial score (nSPS) is 19.1. The number of ether oxygens (including phenoxy) is 1. The maximum absolute atomic E-state index is 4.86. The maximum atomic E-state index is 4.86. The summed E-state index contributed by atoms with van der Waals surface area (Å²) in [5.74, 6) is 0. The van der Waals surface area contributed by atoms with Crippen LogP contribution in [0.1, 0.15) is 12.8 Å². The molecule has 0 aliphatic heterocycles. The van der Waals surface area contributed by atoms with Crippen molar-refractivity contribution in [3.8, 4) is 0 Å². The van der Waals surface area contributed by atoms with E-state index in [4.69, 9.17) is 4.74 Å². The molecule has 1 N–H and O–H groups in total. The molecule has 1 rings (SSSR count). The van der Waals surface area contributed by atoms with Crippen molar-refractivity contribution in [3.05, 3.63) is 0 Å². The van der Waals surface area contributed by atoms with Crippen molar-refractivity contribution in [1.29, 1.82) is 0 Å². The zero-order chi connectivity index (χ0) is 5.82. The lowest BCUT2D eigenvalue weighted by Crippen LogP contribution is -2.20. The van der Waals surface area contributed by atoms with Gasteiger partial charge in [0.15, 0.2) is 0 Å². The van der Waals surface area contributed by atoms with E-state index in [0.717, 1.165) is 19.2 Å². The maximum Gasteiger partial charge on any atom is 0.0587 e. The molecule has 48 valence electrons. The topological polar surface area (TPSA) is 21.3 Å². The van der Waals surface area contributed by atoms with Crippen LogP contribution in [0.5, 0.6) is 0 Å². The summed E-state index contributed by atoms with van der Waals surface area (Å²) in [5.41, 5.74) is 0. The van der Waals surface area contributed by atoms with Gasteiger partial charge in [0.25, 0.3) is 0 Å². The first-order chi connectivity index (χ1) is 3.93. The summed E-state index contributed by atoms with van der Waals surface area (Å²) < 4.78 is 4.86. The molecule has 0 radical (unpaired) electrons. The van der Waals surface area contributed by atoms with Crippen LogP contribution in [0.15, 0.2) is 0 Å². The summed E-state index contributed by atoms with van der Waals surface area (Å²) in [6, 6.07) is 0.824. The average Bonchev–Trinajstić information content (AvgIpc) is 2.51. The number of hydrogen-bond donors (Lipinski definition) is 1. The van der Waals surface area contributed by atoms with Gasteiger partial charge in [0.2, 0.25) is 0 Å². The highest BCUT2D eigenvalue weighted by atomic mass is 16.5. The number of methoxy groups -OCH3 is 1. The minimum atomic E-state index is 0.824. The van der Waals surface area contributed by atoms with Gasteiger partial charge in [-0.1, -0.05) is 0 Å². The Bertz CT molecular complexity index is 61.5. The predicted molar refractivity (Wildman–Crippen MR) is 32.9 cm³/mol. The Morgan fingerprint density at radius 3 is 2.88 bits per heavy atom. The van der Waals surface area contributed by atoms with E-state index >= 15 is 0 Å². The van der Waals surface area contributed by atoms with Crippen molar-refractivity contribution >= 4 is 0 Å². The number of rotatable bonds is 4. The fraction of sp³-hybridized carbons (Fsp3) is 1.00. The Kier molecular flexibility index (Phi) is 2.30. The second-order valence-electron chi connectivity index (χ2n) is 2.22. The Morgan fingerprint density at radius 1 is 1.62 bits per heavy atom. The molecule has 0 amide bonds. The molecule has 0 aromatic carbocycles. The van der Waals surface area contributed by atoms with Crippen LogP contribution < -0.4 is 5.32 Å². The van der Waals surface area contributed by atoms with Gasteiger partial charge >= 0.3 is 0 Å². The van der Waals surface area contributed by atoms with Gasteiger partial charge in [-0.3, -0.25) is 0 Å². The van der Waals surface area contributed by atoms with Crippen LogP contribution in [0.3, 0.4) is 0 Å². The Labute approximate surface area is 50.2 Å². The fourth-order valence-corrected chi connectivity index (χ4v) is 0.653. The Morgan fingerprint density at radius 2 is 2.38 bits per heavy atom. The molecule has 1 fully saturated rings. The molecule has 0 bridgehead atoms. The van der Waals surface area contributed by atoms with Crippen LogP contribution in [-0.4, -0.2) is 26.3 Å². The third kappa shape index (κ3) is 2.28. The molecule has 1 aliphatic carbocycles. The van der Waals surface area contributed by atoms with E-state index < -0.39 is 0 Å². The molecule has 2 heteroatoms. The molecular formula is C6H13NO. The van der Waals surface area contributed by atoms with Gasteiger partial charge in [0.05, 0.1) is 6.61 Å². The monoisotopic (exact) mass is 115 g/mol. The molecule has 1 aliphatic rings. The summed E-state index contributed by atoms with van der Waals surface area (Å²) in [6.07, 6.45) is 2.73. The fourth-order valence-electron chi connectivity index (χ4n) is 0.653. The van der Waals surface area contributed by atoms with Crippen LogP contribution >= 0.6 is 0 Å². The number of nitrogens with one attached hydrogen (secondary N) is 1. The third-order valence-corrected chi connectivity index (χ3v) is 1.32. The molecule has 0 saturated heterocycles. The highest BCUT2D eigenvalue weighted by Crippen LogP contribution is 2.17. The third-order valence-electron chi connectivity index (χ3n) is 1.32. The van der Waals surface area contributed by atoms with Gasteiger partial charge in [-0.25, -0.2) is 0 Å². The average molecular weight is 115 g/mol. The van der Waals surface area contributed by atoms with Gasteiger partial charge in [-0.05, 0) is 12.8 Å². The molecule has 0 unspecified atom stereocenters. The molecule has 0 atom stereocenters. The highest BCUT2D eigenvalue weighted by molar-refractivity contribution is 4.80. The highest BCUT2D eigenvalue weighted by Gasteiger charge is 2.19. The van der Waals surface area contributed by atoms with Crippen LogP contribution in [-0.2, 0) is 4.74 Å². The van der Waals surface area contributed by atoms with Gasteiger partial charge in [0, 0.05) is 19.7 Å². The molecule has 2 nitrogen and oxygen atoms in total. The Balaban J connectivity index is 1.74. The van der Waals surface area contributed by atoms with E-state index in [9.17, 15) is 0 Å². The second-order valence-corrected chi connectivity index (χ2v) is 2.22. The standard InChI is InChI=1S/C6H13NO/c1-8-5-4-7-6-2-3-6/h6-7H,2-5H2,1H3. The van der Waals surface area contributed by atoms with Gasteiger partial charge in [-0.15, -0.1) is 0 Å². The second kappa shape index (κ2) is 3.05. The molecular weight excluding hydrogens is 102 g/mol. The minimum absolute atomic E-state index is 0.824. The van der Waals surface area contributed by atoms with E-state index in [1.54, 1.807) is 7.11 Å². The molecule has 8 heavy (non-hydrogen) atoms. The van der Waals surface area contributed by atoms with Crippen molar-refractivity contribution in [2.75, 3.05) is 20.3 Å². The molecule has 0 heterocycles. The van der Waals surface area contributed by atoms with Gasteiger partial charge < -0.3 is 10.1 Å². The van der Waals surface area contributed by atoms with E-state index in [-0.39, 0.29) is 0 Å². The Hall–Kier alpha value is -0.0800. The zero-order valence-electron chi connectivity index (χ0n) is 5.31. The molecule has 1 saturated carbocycles. The van der Waals surface area contributed by atoms with Crippen molar-refractivity contribution in [3.63, 3.8) is 0 Å². The lowest BCUT2D eigenvalue weighted by Gasteiger charge is -1.98. The van der Waals surface area contributed by atoms with Crippen molar-refractivity contribution in [2.45, 2.75) is 18.9 Å². The summed E-state index contributed by atoms with van der Waals surface area (Å²) in [5, 5.41) is 3.33. The SMILES string of the molecule is COCCNC1CC1. The summed E-state index contributed by atoms with van der Waals surface area (Å²) in [7, 11) is 1.73. The van der Waals surface area contributed by atoms with E-state index in [2.05, 4.69) is 5.32 Å². The van der Waals surface area contributed by atoms with E-state index in [0.29, 0.717) is 0 Å². The quantitative estimate of drug-likeness (QED) is 0.535. The van der Waals surface area contributed by atoms with Crippen LogP contribution in [0.4, 0.5) is 0 Å². The zero-order valence-corrected chi connectivity index (χ0v) is 5.31. The van der Waals surface area contributed by atoms with Crippen LogP contribution in [0.25, 0.3) is 0 Å². The van der Waals surface area contributed by atoms with Gasteiger partial charge in [-0.2, -0.15) is 0 Å². The first-order valence-electron chi connectivity index (χ1n) is 3.16. The lowest BCUT2D eigenvalue weighted by molar-refractivity contribution is 0.199. The summed E-state index contributed by atoms with van der Waals surface area (Å²) in [4.78, 5) is 0. The molecule has 0 aromatic heterocycles. The van der Waals surface area contributed by atoms with Gasteiger partial charge in [0.1, 0.15) is 0 Å². The summed E-state index contributed by atoms with van der Waals surface area (Å²) in [6.45, 7) is 1.86. The van der Waals surface area contributed by atoms with Crippen LogP contribution in [0.2, 0.25) is 0 Å². The minimum Gasteiger partial charge on any atom is -0.383 e.